The van der Waals surface area contributed by atoms with Crippen molar-refractivity contribution in [3.8, 4) is 11.5 Å². The lowest BCUT2D eigenvalue weighted by molar-refractivity contribution is -0.137. The van der Waals surface area contributed by atoms with Crippen LogP contribution in [0.4, 0.5) is 28.9 Å². The molecule has 40 heavy (non-hydrogen) atoms. The minimum absolute atomic E-state index is 0.0213. The summed E-state index contributed by atoms with van der Waals surface area (Å²) in [5, 5.41) is 8.51. The number of halogens is 4. The molecule has 0 saturated carbocycles. The summed E-state index contributed by atoms with van der Waals surface area (Å²) in [4.78, 5) is 36.1. The van der Waals surface area contributed by atoms with Crippen LogP contribution in [0, 0.1) is 5.82 Å². The van der Waals surface area contributed by atoms with Crippen molar-refractivity contribution in [2.45, 2.75) is 19.0 Å². The van der Waals surface area contributed by atoms with Gasteiger partial charge in [-0.05, 0) is 54.1 Å². The molecule has 0 spiro atoms. The molecule has 210 valence electrons. The fourth-order valence-corrected chi connectivity index (χ4v) is 3.23. The number of nitrogens with one attached hydrogen (secondary N) is 3. The van der Waals surface area contributed by atoms with E-state index in [0.717, 1.165) is 12.1 Å². The maximum absolute atomic E-state index is 13.7. The molecule has 3 N–H and O–H groups in total. The number of amides is 3. The average Bonchev–Trinajstić information content (AvgIpc) is 2.92. The number of rotatable bonds is 11. The van der Waals surface area contributed by atoms with Gasteiger partial charge >= 0.3 is 6.18 Å². The number of anilines is 2. The number of hydrogen-bond donors (Lipinski definition) is 3. The Morgan fingerprint density at radius 3 is 2.35 bits per heavy atom. The molecule has 3 aromatic rings. The predicted molar refractivity (Wildman–Crippen MR) is 139 cm³/mol. The van der Waals surface area contributed by atoms with E-state index in [1.165, 1.54) is 55.8 Å². The van der Waals surface area contributed by atoms with E-state index in [1.807, 2.05) is 0 Å². The summed E-state index contributed by atoms with van der Waals surface area (Å²) in [6, 6.07) is 14.5. The van der Waals surface area contributed by atoms with Gasteiger partial charge in [0.2, 0.25) is 11.8 Å². The van der Waals surface area contributed by atoms with Gasteiger partial charge in [0, 0.05) is 18.5 Å². The third kappa shape index (κ3) is 9.11. The smallest absolute Gasteiger partial charge is 0.416 e. The molecular weight excluding hydrogens is 536 g/mol. The normalized spacial score (nSPS) is 11.1. The van der Waals surface area contributed by atoms with Crippen molar-refractivity contribution < 1.29 is 41.4 Å². The van der Waals surface area contributed by atoms with Crippen molar-refractivity contribution in [3.05, 3.63) is 83.7 Å². The highest BCUT2D eigenvalue weighted by atomic mass is 19.4. The van der Waals surface area contributed by atoms with Gasteiger partial charge in [-0.15, -0.1) is 0 Å². The van der Waals surface area contributed by atoms with E-state index < -0.39 is 41.9 Å². The lowest BCUT2D eigenvalue weighted by atomic mass is 10.2. The number of hydrogen-bond acceptors (Lipinski definition) is 6. The Morgan fingerprint density at radius 1 is 0.875 bits per heavy atom. The van der Waals surface area contributed by atoms with Gasteiger partial charge in [0.15, 0.2) is 18.1 Å². The molecule has 9 nitrogen and oxygen atoms in total. The molecule has 0 aliphatic carbocycles. The summed E-state index contributed by atoms with van der Waals surface area (Å²) in [7, 11) is 1.38. The van der Waals surface area contributed by atoms with Crippen molar-refractivity contribution in [2.24, 2.45) is 5.10 Å². The molecule has 0 aliphatic heterocycles. The number of ether oxygens (including phenoxy) is 2. The average molecular weight is 561 g/mol. The van der Waals surface area contributed by atoms with Crippen molar-refractivity contribution >= 4 is 35.3 Å². The molecular formula is C27H24F4N4O5. The number of nitrogens with zero attached hydrogens (tertiary/aromatic N) is 1. The maximum Gasteiger partial charge on any atom is 0.416 e. The van der Waals surface area contributed by atoms with E-state index in [4.69, 9.17) is 9.47 Å². The summed E-state index contributed by atoms with van der Waals surface area (Å²) >= 11 is 0. The van der Waals surface area contributed by atoms with Crippen LogP contribution in [0.3, 0.4) is 0 Å². The second kappa shape index (κ2) is 13.7. The van der Waals surface area contributed by atoms with Crippen LogP contribution in [-0.4, -0.2) is 37.7 Å². The highest BCUT2D eigenvalue weighted by Gasteiger charge is 2.30. The fraction of sp³-hybridized carbons (Fsp3) is 0.185. The van der Waals surface area contributed by atoms with Crippen LogP contribution in [0.2, 0.25) is 0 Å². The molecule has 0 unspecified atom stereocenters. The number of benzene rings is 3. The number of para-hydroxylation sites is 1. The van der Waals surface area contributed by atoms with Crippen LogP contribution < -0.4 is 25.5 Å². The fourth-order valence-electron chi connectivity index (χ4n) is 3.23. The topological polar surface area (TPSA) is 118 Å². The Hall–Kier alpha value is -4.94. The molecule has 3 rings (SSSR count). The Labute approximate surface area is 226 Å². The molecule has 0 fully saturated rings. The molecule has 3 aromatic carbocycles. The first-order chi connectivity index (χ1) is 19.0. The van der Waals surface area contributed by atoms with E-state index in [2.05, 4.69) is 21.2 Å². The van der Waals surface area contributed by atoms with Gasteiger partial charge in [0.1, 0.15) is 5.82 Å². The Morgan fingerprint density at radius 2 is 1.62 bits per heavy atom. The zero-order valence-corrected chi connectivity index (χ0v) is 21.0. The van der Waals surface area contributed by atoms with Gasteiger partial charge in [-0.25, -0.2) is 9.82 Å². The van der Waals surface area contributed by atoms with Gasteiger partial charge in [-0.2, -0.15) is 18.3 Å². The van der Waals surface area contributed by atoms with Crippen molar-refractivity contribution in [1.82, 2.24) is 5.43 Å². The van der Waals surface area contributed by atoms with E-state index in [9.17, 15) is 31.9 Å². The third-order valence-electron chi connectivity index (χ3n) is 5.15. The summed E-state index contributed by atoms with van der Waals surface area (Å²) in [6.07, 6.45) is -3.77. The second-order valence-corrected chi connectivity index (χ2v) is 8.15. The zero-order valence-electron chi connectivity index (χ0n) is 21.0. The zero-order chi connectivity index (χ0) is 29.1. The number of carbonyl (C=O) groups is 3. The van der Waals surface area contributed by atoms with Crippen LogP contribution in [-0.2, 0) is 20.6 Å². The lowest BCUT2D eigenvalue weighted by Gasteiger charge is -2.11. The van der Waals surface area contributed by atoms with E-state index in [0.29, 0.717) is 5.56 Å². The lowest BCUT2D eigenvalue weighted by Crippen LogP contribution is -2.21. The highest BCUT2D eigenvalue weighted by molar-refractivity contribution is 5.93. The summed E-state index contributed by atoms with van der Waals surface area (Å²) in [5.41, 5.74) is 1.83. The van der Waals surface area contributed by atoms with Crippen molar-refractivity contribution in [1.29, 1.82) is 0 Å². The molecule has 0 bridgehead atoms. The minimum atomic E-state index is -4.54. The van der Waals surface area contributed by atoms with E-state index in [-0.39, 0.29) is 35.7 Å². The SMILES string of the molecule is COc1cc(C=NNC(=O)CCC(=O)Nc2cccc(C(F)(F)F)c2)ccc1OCC(=O)Nc1ccccc1F. The Bertz CT molecular complexity index is 1400. The quantitative estimate of drug-likeness (QED) is 0.178. The van der Waals surface area contributed by atoms with Crippen LogP contribution in [0.5, 0.6) is 11.5 Å². The number of alkyl halides is 3. The first-order valence-corrected chi connectivity index (χ1v) is 11.7. The summed E-state index contributed by atoms with van der Waals surface area (Å²) in [6.45, 7) is -0.407. The summed E-state index contributed by atoms with van der Waals surface area (Å²) < 4.78 is 62.7. The molecule has 0 heterocycles. The molecule has 13 heteroatoms. The van der Waals surface area contributed by atoms with Crippen LogP contribution in [0.25, 0.3) is 0 Å². The highest BCUT2D eigenvalue weighted by Crippen LogP contribution is 2.31. The molecule has 3 amide bonds. The van der Waals surface area contributed by atoms with Gasteiger partial charge in [-0.1, -0.05) is 18.2 Å². The van der Waals surface area contributed by atoms with Crippen LogP contribution in [0.15, 0.2) is 71.8 Å². The largest absolute Gasteiger partial charge is 0.493 e. The number of hydrazone groups is 1. The first kappa shape index (κ1) is 29.6. The van der Waals surface area contributed by atoms with Crippen LogP contribution >= 0.6 is 0 Å². The predicted octanol–water partition coefficient (Wildman–Crippen LogP) is 4.74. The van der Waals surface area contributed by atoms with Gasteiger partial charge in [0.25, 0.3) is 5.91 Å². The molecule has 0 aliphatic rings. The second-order valence-electron chi connectivity index (χ2n) is 8.15. The van der Waals surface area contributed by atoms with Crippen molar-refractivity contribution in [2.75, 3.05) is 24.4 Å². The Kier molecular flexibility index (Phi) is 10.2. The molecule has 0 saturated heterocycles. The monoisotopic (exact) mass is 560 g/mol. The number of carbonyl (C=O) groups excluding carboxylic acids is 3. The first-order valence-electron chi connectivity index (χ1n) is 11.7. The third-order valence-corrected chi connectivity index (χ3v) is 5.15. The van der Waals surface area contributed by atoms with E-state index in [1.54, 1.807) is 12.1 Å². The Balaban J connectivity index is 1.45. The van der Waals surface area contributed by atoms with E-state index >= 15 is 0 Å². The van der Waals surface area contributed by atoms with Crippen LogP contribution in [0.1, 0.15) is 24.0 Å². The minimum Gasteiger partial charge on any atom is -0.493 e. The number of methoxy groups -OCH3 is 1. The van der Waals surface area contributed by atoms with Gasteiger partial charge < -0.3 is 20.1 Å². The molecule has 0 radical (unpaired) electrons. The molecule has 0 aromatic heterocycles. The summed E-state index contributed by atoms with van der Waals surface area (Å²) in [5.74, 6) is -1.89. The van der Waals surface area contributed by atoms with Gasteiger partial charge in [0.05, 0.1) is 24.6 Å². The maximum atomic E-state index is 13.7. The standard InChI is InChI=1S/C27H24F4N4O5/c1-39-23-13-17(9-10-22(23)40-16-26(38)34-21-8-3-2-7-20(21)28)15-32-35-25(37)12-11-24(36)33-19-6-4-5-18(14-19)27(29,30)31/h2-10,13-15H,11-12,16H2,1H3,(H,33,36)(H,34,38)(H,35,37). The molecule has 0 atom stereocenters. The van der Waals surface area contributed by atoms with Crippen molar-refractivity contribution in [3.63, 3.8) is 0 Å². The van der Waals surface area contributed by atoms with Gasteiger partial charge in [-0.3, -0.25) is 14.4 Å².